The molecule has 0 aliphatic rings. The molecule has 0 bridgehead atoms. The lowest BCUT2D eigenvalue weighted by molar-refractivity contribution is -0.138. The molecule has 1 rings (SSSR count). The number of carboxylic acid groups (broad SMARTS) is 1. The predicted molar refractivity (Wildman–Crippen MR) is 78.0 cm³/mol. The molecule has 6 nitrogen and oxygen atoms in total. The maximum Gasteiger partial charge on any atom is 0.325 e. The van der Waals surface area contributed by atoms with Crippen molar-refractivity contribution in [3.05, 3.63) is 29.8 Å². The molecule has 1 atom stereocenters. The van der Waals surface area contributed by atoms with Crippen LogP contribution in [0, 0.1) is 0 Å². The van der Waals surface area contributed by atoms with Crippen LogP contribution in [0.5, 0.6) is 0 Å². The number of carboxylic acids is 1. The van der Waals surface area contributed by atoms with E-state index in [1.54, 1.807) is 12.1 Å². The van der Waals surface area contributed by atoms with Crippen LogP contribution >= 0.6 is 11.8 Å². The van der Waals surface area contributed by atoms with Crippen molar-refractivity contribution in [2.45, 2.75) is 13.0 Å². The maximum absolute atomic E-state index is 11.7. The van der Waals surface area contributed by atoms with Gasteiger partial charge in [-0.2, -0.15) is 11.8 Å². The molecule has 1 aromatic rings. The molecule has 0 heterocycles. The van der Waals surface area contributed by atoms with Crippen LogP contribution in [0.1, 0.15) is 17.3 Å². The summed E-state index contributed by atoms with van der Waals surface area (Å²) in [7, 11) is 0. The van der Waals surface area contributed by atoms with Crippen LogP contribution in [0.3, 0.4) is 0 Å². The highest BCUT2D eigenvalue weighted by Crippen LogP contribution is 2.10. The first-order valence-electron chi connectivity index (χ1n) is 5.86. The molecular weight excluding hydrogens is 280 g/mol. The van der Waals surface area contributed by atoms with Gasteiger partial charge in [-0.1, -0.05) is 0 Å². The summed E-state index contributed by atoms with van der Waals surface area (Å²) < 4.78 is 0. The van der Waals surface area contributed by atoms with Gasteiger partial charge in [-0.3, -0.25) is 14.4 Å². The Kier molecular flexibility index (Phi) is 6.05. The Hall–Kier alpha value is -2.02. The SMILES string of the molecule is CSCC(=O)Nc1ccc(C(=O)NC(C)C(=O)O)cc1. The Labute approximate surface area is 120 Å². The van der Waals surface area contributed by atoms with E-state index in [1.165, 1.54) is 30.8 Å². The van der Waals surface area contributed by atoms with E-state index in [0.717, 1.165) is 0 Å². The summed E-state index contributed by atoms with van der Waals surface area (Å²) in [6.07, 6.45) is 1.83. The number of benzene rings is 1. The molecule has 0 spiro atoms. The number of nitrogens with one attached hydrogen (secondary N) is 2. The van der Waals surface area contributed by atoms with Gasteiger partial charge < -0.3 is 15.7 Å². The largest absolute Gasteiger partial charge is 0.480 e. The second-order valence-electron chi connectivity index (χ2n) is 4.09. The van der Waals surface area contributed by atoms with Gasteiger partial charge in [0.15, 0.2) is 0 Å². The van der Waals surface area contributed by atoms with Gasteiger partial charge in [-0.05, 0) is 37.4 Å². The number of hydrogen-bond donors (Lipinski definition) is 3. The van der Waals surface area contributed by atoms with E-state index in [-0.39, 0.29) is 5.91 Å². The summed E-state index contributed by atoms with van der Waals surface area (Å²) >= 11 is 1.41. The number of thioether (sulfide) groups is 1. The van der Waals surface area contributed by atoms with Crippen LogP contribution in [-0.2, 0) is 9.59 Å². The van der Waals surface area contributed by atoms with Gasteiger partial charge in [0.2, 0.25) is 5.91 Å². The van der Waals surface area contributed by atoms with Crippen LogP contribution < -0.4 is 10.6 Å². The zero-order valence-electron chi connectivity index (χ0n) is 11.2. The van der Waals surface area contributed by atoms with Crippen molar-refractivity contribution >= 4 is 35.2 Å². The van der Waals surface area contributed by atoms with Gasteiger partial charge in [0, 0.05) is 11.3 Å². The van der Waals surface area contributed by atoms with Crippen molar-refractivity contribution in [3.8, 4) is 0 Å². The van der Waals surface area contributed by atoms with Crippen LogP contribution in [0.15, 0.2) is 24.3 Å². The smallest absolute Gasteiger partial charge is 0.325 e. The summed E-state index contributed by atoms with van der Waals surface area (Å²) in [5.41, 5.74) is 0.924. The summed E-state index contributed by atoms with van der Waals surface area (Å²) in [5, 5.41) is 13.7. The molecule has 1 aromatic carbocycles. The fourth-order valence-corrected chi connectivity index (χ4v) is 1.71. The highest BCUT2D eigenvalue weighted by molar-refractivity contribution is 7.99. The third kappa shape index (κ3) is 4.93. The molecule has 0 fully saturated rings. The zero-order chi connectivity index (χ0) is 15.1. The summed E-state index contributed by atoms with van der Waals surface area (Å²) in [4.78, 5) is 33.7. The molecule has 0 saturated carbocycles. The molecule has 0 saturated heterocycles. The van der Waals surface area contributed by atoms with Gasteiger partial charge in [-0.25, -0.2) is 0 Å². The van der Waals surface area contributed by atoms with Crippen molar-refractivity contribution in [2.75, 3.05) is 17.3 Å². The molecule has 0 aromatic heterocycles. The fraction of sp³-hybridized carbons (Fsp3) is 0.308. The molecular formula is C13H16N2O4S. The number of carbonyl (C=O) groups is 3. The highest BCUT2D eigenvalue weighted by atomic mass is 32.2. The summed E-state index contributed by atoms with van der Waals surface area (Å²) in [6.45, 7) is 1.39. The first kappa shape index (κ1) is 16.0. The summed E-state index contributed by atoms with van der Waals surface area (Å²) in [6, 6.07) is 5.29. The third-order valence-electron chi connectivity index (χ3n) is 2.42. The van der Waals surface area contributed by atoms with Crippen molar-refractivity contribution < 1.29 is 19.5 Å². The van der Waals surface area contributed by atoms with Crippen molar-refractivity contribution in [2.24, 2.45) is 0 Å². The lowest BCUT2D eigenvalue weighted by atomic mass is 10.2. The van der Waals surface area contributed by atoms with Crippen LogP contribution in [0.2, 0.25) is 0 Å². The number of hydrogen-bond acceptors (Lipinski definition) is 4. The topological polar surface area (TPSA) is 95.5 Å². The minimum absolute atomic E-state index is 0.116. The van der Waals surface area contributed by atoms with Crippen LogP contribution in [0.25, 0.3) is 0 Å². The Morgan fingerprint density at radius 2 is 1.85 bits per heavy atom. The van der Waals surface area contributed by atoms with Crippen LogP contribution in [-0.4, -0.2) is 40.9 Å². The number of rotatable bonds is 6. The molecule has 0 aliphatic carbocycles. The molecule has 20 heavy (non-hydrogen) atoms. The van der Waals surface area contributed by atoms with E-state index in [1.807, 2.05) is 6.26 Å². The average Bonchev–Trinajstić information content (AvgIpc) is 2.39. The number of carbonyl (C=O) groups excluding carboxylic acids is 2. The minimum atomic E-state index is -1.10. The number of amides is 2. The maximum atomic E-state index is 11.7. The summed E-state index contributed by atoms with van der Waals surface area (Å²) in [5.74, 6) is -1.33. The molecule has 1 unspecified atom stereocenters. The predicted octanol–water partition coefficient (Wildman–Crippen LogP) is 1.19. The lowest BCUT2D eigenvalue weighted by Crippen LogP contribution is -2.38. The molecule has 0 radical (unpaired) electrons. The van der Waals surface area contributed by atoms with Crippen molar-refractivity contribution in [1.82, 2.24) is 5.32 Å². The quantitative estimate of drug-likeness (QED) is 0.733. The highest BCUT2D eigenvalue weighted by Gasteiger charge is 2.15. The third-order valence-corrected chi connectivity index (χ3v) is 2.98. The Balaban J connectivity index is 2.64. The Morgan fingerprint density at radius 3 is 2.35 bits per heavy atom. The molecule has 0 aliphatic heterocycles. The van der Waals surface area contributed by atoms with Gasteiger partial charge in [0.05, 0.1) is 5.75 Å². The molecule has 3 N–H and O–H groups in total. The monoisotopic (exact) mass is 296 g/mol. The zero-order valence-corrected chi connectivity index (χ0v) is 12.0. The normalized spacial score (nSPS) is 11.5. The molecule has 7 heteroatoms. The Morgan fingerprint density at radius 1 is 1.25 bits per heavy atom. The van der Waals surface area contributed by atoms with Gasteiger partial charge in [-0.15, -0.1) is 0 Å². The fourth-order valence-electron chi connectivity index (χ4n) is 1.37. The average molecular weight is 296 g/mol. The van der Waals surface area contributed by atoms with Crippen LogP contribution in [0.4, 0.5) is 5.69 Å². The number of anilines is 1. The standard InChI is InChI=1S/C13H16N2O4S/c1-8(13(18)19)14-12(17)9-3-5-10(6-4-9)15-11(16)7-20-2/h3-6,8H,7H2,1-2H3,(H,14,17)(H,15,16)(H,18,19). The van der Waals surface area contributed by atoms with E-state index in [2.05, 4.69) is 10.6 Å². The van der Waals surface area contributed by atoms with E-state index in [4.69, 9.17) is 5.11 Å². The first-order chi connectivity index (χ1) is 9.43. The van der Waals surface area contributed by atoms with Crippen molar-refractivity contribution in [3.63, 3.8) is 0 Å². The van der Waals surface area contributed by atoms with Gasteiger partial charge in [0.25, 0.3) is 5.91 Å². The first-order valence-corrected chi connectivity index (χ1v) is 7.26. The minimum Gasteiger partial charge on any atom is -0.480 e. The molecule has 108 valence electrons. The van der Waals surface area contributed by atoms with Gasteiger partial charge >= 0.3 is 5.97 Å². The van der Waals surface area contributed by atoms with Crippen molar-refractivity contribution in [1.29, 1.82) is 0 Å². The van der Waals surface area contributed by atoms with E-state index < -0.39 is 17.9 Å². The number of aliphatic carboxylic acids is 1. The lowest BCUT2D eigenvalue weighted by Gasteiger charge is -2.10. The molecule has 2 amide bonds. The van der Waals surface area contributed by atoms with E-state index >= 15 is 0 Å². The second kappa shape index (κ2) is 7.54. The second-order valence-corrected chi connectivity index (χ2v) is 4.96. The van der Waals surface area contributed by atoms with E-state index in [0.29, 0.717) is 17.0 Å². The van der Waals surface area contributed by atoms with Gasteiger partial charge in [0.1, 0.15) is 6.04 Å². The Bertz CT molecular complexity index is 502. The van der Waals surface area contributed by atoms with E-state index in [9.17, 15) is 14.4 Å².